The maximum absolute atomic E-state index is 12.8. The number of aryl methyl sites for hydroxylation is 1. The first-order valence-electron chi connectivity index (χ1n) is 8.54. The number of amides is 2. The Hall–Kier alpha value is -2.73. The molecule has 1 saturated heterocycles. The summed E-state index contributed by atoms with van der Waals surface area (Å²) >= 11 is 6.05. The van der Waals surface area contributed by atoms with E-state index in [2.05, 4.69) is 5.32 Å². The summed E-state index contributed by atoms with van der Waals surface area (Å²) in [6.07, 6.45) is 0.452. The normalized spacial score (nSPS) is 16.4. The molecule has 1 atom stereocenters. The Bertz CT molecular complexity index is 862. The Morgan fingerprint density at radius 1 is 1.15 bits per heavy atom. The number of halogens is 1. The molecule has 1 heterocycles. The maximum atomic E-state index is 12.8. The van der Waals surface area contributed by atoms with Gasteiger partial charge in [0.05, 0.1) is 14.2 Å². The predicted octanol–water partition coefficient (Wildman–Crippen LogP) is 3.66. The highest BCUT2D eigenvalue weighted by Gasteiger charge is 2.37. The summed E-state index contributed by atoms with van der Waals surface area (Å²) < 4.78 is 10.4. The number of anilines is 2. The second-order valence-corrected chi connectivity index (χ2v) is 6.76. The van der Waals surface area contributed by atoms with Gasteiger partial charge in [-0.1, -0.05) is 11.6 Å². The van der Waals surface area contributed by atoms with Crippen molar-refractivity contribution in [1.82, 2.24) is 0 Å². The number of rotatable bonds is 5. The zero-order chi connectivity index (χ0) is 19.6. The summed E-state index contributed by atoms with van der Waals surface area (Å²) in [5.41, 5.74) is 2.16. The van der Waals surface area contributed by atoms with E-state index < -0.39 is 5.92 Å². The quantitative estimate of drug-likeness (QED) is 0.794. The minimum atomic E-state index is -0.738. The molecule has 1 aliphatic heterocycles. The molecule has 1 unspecified atom stereocenters. The third-order valence-corrected chi connectivity index (χ3v) is 5.02. The number of nitrogens with zero attached hydrogens (tertiary/aromatic N) is 1. The van der Waals surface area contributed by atoms with Gasteiger partial charge in [-0.2, -0.15) is 0 Å². The minimum Gasteiger partial charge on any atom is -0.497 e. The maximum Gasteiger partial charge on any atom is 0.239 e. The van der Waals surface area contributed by atoms with E-state index in [0.717, 1.165) is 11.3 Å². The Morgan fingerprint density at radius 2 is 1.81 bits per heavy atom. The van der Waals surface area contributed by atoms with Gasteiger partial charge in [0.15, 0.2) is 0 Å². The fraction of sp³-hybridized carbons (Fsp3) is 0.300. The van der Waals surface area contributed by atoms with E-state index in [0.29, 0.717) is 35.2 Å². The number of carbonyl (C=O) groups is 2. The molecule has 2 amide bonds. The molecular weight excluding hydrogens is 368 g/mol. The van der Waals surface area contributed by atoms with E-state index in [9.17, 15) is 9.59 Å². The Balaban J connectivity index is 1.74. The van der Waals surface area contributed by atoms with Crippen molar-refractivity contribution in [3.05, 3.63) is 47.0 Å². The molecule has 27 heavy (non-hydrogen) atoms. The van der Waals surface area contributed by atoms with Crippen LogP contribution in [0.1, 0.15) is 12.0 Å². The van der Waals surface area contributed by atoms with Gasteiger partial charge < -0.3 is 19.7 Å². The molecule has 0 saturated carbocycles. The SMILES string of the molecule is COc1cc(NC(=O)C2CCN(c3ccc(Cl)c(C)c3)C2=O)cc(OC)c1. The van der Waals surface area contributed by atoms with Gasteiger partial charge >= 0.3 is 0 Å². The first kappa shape index (κ1) is 19.0. The van der Waals surface area contributed by atoms with Crippen molar-refractivity contribution in [2.24, 2.45) is 5.92 Å². The summed E-state index contributed by atoms with van der Waals surface area (Å²) in [5, 5.41) is 3.43. The molecule has 0 aromatic heterocycles. The van der Waals surface area contributed by atoms with Gasteiger partial charge in [-0.05, 0) is 37.1 Å². The van der Waals surface area contributed by atoms with E-state index in [-0.39, 0.29) is 11.8 Å². The smallest absolute Gasteiger partial charge is 0.239 e. The molecule has 2 aromatic carbocycles. The molecule has 7 heteroatoms. The third-order valence-electron chi connectivity index (χ3n) is 4.59. The molecule has 0 aliphatic carbocycles. The number of carbonyl (C=O) groups excluding carboxylic acids is 2. The van der Waals surface area contributed by atoms with E-state index >= 15 is 0 Å². The van der Waals surface area contributed by atoms with Gasteiger partial charge in [-0.3, -0.25) is 9.59 Å². The van der Waals surface area contributed by atoms with Crippen LogP contribution >= 0.6 is 11.6 Å². The third kappa shape index (κ3) is 4.01. The molecule has 0 radical (unpaired) electrons. The van der Waals surface area contributed by atoms with Crippen molar-refractivity contribution in [3.8, 4) is 11.5 Å². The molecule has 1 N–H and O–H groups in total. The Labute approximate surface area is 163 Å². The molecule has 1 aliphatic rings. The number of nitrogens with one attached hydrogen (secondary N) is 1. The van der Waals surface area contributed by atoms with Crippen LogP contribution in [0.3, 0.4) is 0 Å². The fourth-order valence-electron chi connectivity index (χ4n) is 3.09. The first-order chi connectivity index (χ1) is 12.9. The van der Waals surface area contributed by atoms with Crippen molar-refractivity contribution in [1.29, 1.82) is 0 Å². The van der Waals surface area contributed by atoms with Crippen LogP contribution in [-0.4, -0.2) is 32.6 Å². The van der Waals surface area contributed by atoms with Gasteiger partial charge in [-0.25, -0.2) is 0 Å². The van der Waals surface area contributed by atoms with Gasteiger partial charge in [0.25, 0.3) is 0 Å². The van der Waals surface area contributed by atoms with Gasteiger partial charge in [-0.15, -0.1) is 0 Å². The standard InChI is InChI=1S/C20H21ClN2O4/c1-12-8-14(4-5-18(12)21)23-7-6-17(20(23)25)19(24)22-13-9-15(26-2)11-16(10-13)27-3/h4-5,8-11,17H,6-7H2,1-3H3,(H,22,24). The van der Waals surface area contributed by atoms with Gasteiger partial charge in [0.1, 0.15) is 17.4 Å². The van der Waals surface area contributed by atoms with Gasteiger partial charge in [0, 0.05) is 41.1 Å². The first-order valence-corrected chi connectivity index (χ1v) is 8.92. The molecule has 2 aromatic rings. The molecule has 0 spiro atoms. The Kier molecular flexibility index (Phi) is 5.56. The van der Waals surface area contributed by atoms with Crippen LogP contribution in [0.5, 0.6) is 11.5 Å². The second kappa shape index (κ2) is 7.88. The van der Waals surface area contributed by atoms with Crippen molar-refractivity contribution in [3.63, 3.8) is 0 Å². The van der Waals surface area contributed by atoms with Gasteiger partial charge in [0.2, 0.25) is 11.8 Å². The topological polar surface area (TPSA) is 67.9 Å². The molecule has 1 fully saturated rings. The van der Waals surface area contributed by atoms with Crippen LogP contribution in [0, 0.1) is 12.8 Å². The van der Waals surface area contributed by atoms with Crippen molar-refractivity contribution >= 4 is 34.8 Å². The van der Waals surface area contributed by atoms with Crippen LogP contribution in [0.4, 0.5) is 11.4 Å². The van der Waals surface area contributed by atoms with Crippen LogP contribution < -0.4 is 19.7 Å². The molecule has 0 bridgehead atoms. The average Bonchev–Trinajstić information content (AvgIpc) is 3.05. The monoisotopic (exact) mass is 388 g/mol. The molecular formula is C20H21ClN2O4. The van der Waals surface area contributed by atoms with Crippen LogP contribution in [-0.2, 0) is 9.59 Å². The van der Waals surface area contributed by atoms with Crippen molar-refractivity contribution in [2.45, 2.75) is 13.3 Å². The number of ether oxygens (including phenoxy) is 2. The van der Waals surface area contributed by atoms with Crippen molar-refractivity contribution < 1.29 is 19.1 Å². The van der Waals surface area contributed by atoms with Crippen LogP contribution in [0.25, 0.3) is 0 Å². The van der Waals surface area contributed by atoms with E-state index in [4.69, 9.17) is 21.1 Å². The highest BCUT2D eigenvalue weighted by atomic mass is 35.5. The lowest BCUT2D eigenvalue weighted by Crippen LogP contribution is -2.33. The number of benzene rings is 2. The van der Waals surface area contributed by atoms with E-state index in [1.807, 2.05) is 13.0 Å². The van der Waals surface area contributed by atoms with E-state index in [1.54, 1.807) is 35.2 Å². The van der Waals surface area contributed by atoms with Crippen LogP contribution in [0.15, 0.2) is 36.4 Å². The largest absolute Gasteiger partial charge is 0.497 e. The minimum absolute atomic E-state index is 0.218. The molecule has 142 valence electrons. The number of methoxy groups -OCH3 is 2. The second-order valence-electron chi connectivity index (χ2n) is 6.36. The van der Waals surface area contributed by atoms with Crippen molar-refractivity contribution in [2.75, 3.05) is 31.0 Å². The van der Waals surface area contributed by atoms with Crippen LogP contribution in [0.2, 0.25) is 5.02 Å². The average molecular weight is 389 g/mol. The highest BCUT2D eigenvalue weighted by molar-refractivity contribution is 6.31. The number of hydrogen-bond acceptors (Lipinski definition) is 4. The lowest BCUT2D eigenvalue weighted by atomic mass is 10.1. The summed E-state index contributed by atoms with van der Waals surface area (Å²) in [6, 6.07) is 10.5. The highest BCUT2D eigenvalue weighted by Crippen LogP contribution is 2.30. The zero-order valence-electron chi connectivity index (χ0n) is 15.4. The Morgan fingerprint density at radius 3 is 2.41 bits per heavy atom. The zero-order valence-corrected chi connectivity index (χ0v) is 16.2. The summed E-state index contributed by atoms with van der Waals surface area (Å²) in [5.74, 6) is -0.188. The molecule has 6 nitrogen and oxygen atoms in total. The lowest BCUT2D eigenvalue weighted by molar-refractivity contribution is -0.129. The summed E-state index contributed by atoms with van der Waals surface area (Å²) in [7, 11) is 3.07. The fourth-order valence-corrected chi connectivity index (χ4v) is 3.20. The number of hydrogen-bond donors (Lipinski definition) is 1. The summed E-state index contributed by atoms with van der Waals surface area (Å²) in [4.78, 5) is 27.0. The van der Waals surface area contributed by atoms with E-state index in [1.165, 1.54) is 14.2 Å². The summed E-state index contributed by atoms with van der Waals surface area (Å²) in [6.45, 7) is 2.37. The predicted molar refractivity (Wildman–Crippen MR) is 105 cm³/mol. The lowest BCUT2D eigenvalue weighted by Gasteiger charge is -2.18. The molecule has 3 rings (SSSR count).